The van der Waals surface area contributed by atoms with E-state index in [1.165, 1.54) is 12.3 Å². The van der Waals surface area contributed by atoms with Crippen LogP contribution in [0.15, 0.2) is 24.4 Å². The third-order valence-corrected chi connectivity index (χ3v) is 3.56. The van der Waals surface area contributed by atoms with E-state index in [9.17, 15) is 9.50 Å². The topological polar surface area (TPSA) is 88.8 Å². The van der Waals surface area contributed by atoms with E-state index < -0.39 is 11.4 Å². The minimum Gasteiger partial charge on any atom is -0.381 e. The Balaban J connectivity index is 1.86. The minimum atomic E-state index is -1.13. The zero-order chi connectivity index (χ0) is 14.2. The van der Waals surface area contributed by atoms with E-state index in [-0.39, 0.29) is 12.1 Å². The Morgan fingerprint density at radius 3 is 3.00 bits per heavy atom. The van der Waals surface area contributed by atoms with Gasteiger partial charge in [0, 0.05) is 13.0 Å². The molecule has 1 aliphatic heterocycles. The second kappa shape index (κ2) is 4.58. The van der Waals surface area contributed by atoms with Crippen molar-refractivity contribution in [1.29, 1.82) is 5.26 Å². The van der Waals surface area contributed by atoms with Gasteiger partial charge in [-0.2, -0.15) is 20.7 Å². The number of nitrogens with one attached hydrogen (secondary N) is 1. The number of aromatic amines is 1. The Labute approximate surface area is 114 Å². The van der Waals surface area contributed by atoms with E-state index in [0.29, 0.717) is 24.3 Å². The highest BCUT2D eigenvalue weighted by Gasteiger charge is 2.40. The van der Waals surface area contributed by atoms with Crippen molar-refractivity contribution in [2.45, 2.75) is 12.0 Å². The standard InChI is InChI=1S/C13H12FN5O/c14-10-5-9(6-15)1-2-11(10)19-4-3-13(20,8-19)12-7-16-18-17-12/h1-2,5,7,20H,3-4,8H2,(H,16,17,18)/t13-/m0/s1. The third kappa shape index (κ3) is 2.00. The smallest absolute Gasteiger partial charge is 0.147 e. The Hall–Kier alpha value is -2.46. The van der Waals surface area contributed by atoms with Gasteiger partial charge in [-0.1, -0.05) is 0 Å². The van der Waals surface area contributed by atoms with Crippen LogP contribution in [0.2, 0.25) is 0 Å². The van der Waals surface area contributed by atoms with E-state index in [0.717, 1.165) is 0 Å². The molecule has 3 rings (SSSR count). The third-order valence-electron chi connectivity index (χ3n) is 3.56. The molecule has 1 fully saturated rings. The molecule has 1 aliphatic rings. The van der Waals surface area contributed by atoms with E-state index >= 15 is 0 Å². The van der Waals surface area contributed by atoms with Crippen LogP contribution in [0, 0.1) is 17.1 Å². The molecule has 102 valence electrons. The molecule has 7 heteroatoms. The van der Waals surface area contributed by atoms with Crippen LogP contribution in [0.1, 0.15) is 17.7 Å². The summed E-state index contributed by atoms with van der Waals surface area (Å²) in [5.74, 6) is -0.464. The number of H-pyrrole nitrogens is 1. The lowest BCUT2D eigenvalue weighted by Gasteiger charge is -2.22. The Bertz CT molecular complexity index is 666. The van der Waals surface area contributed by atoms with Crippen molar-refractivity contribution in [3.63, 3.8) is 0 Å². The molecule has 20 heavy (non-hydrogen) atoms. The van der Waals surface area contributed by atoms with Crippen molar-refractivity contribution >= 4 is 5.69 Å². The molecular formula is C13H12FN5O. The Morgan fingerprint density at radius 1 is 1.50 bits per heavy atom. The summed E-state index contributed by atoms with van der Waals surface area (Å²) in [4.78, 5) is 1.74. The number of benzene rings is 1. The lowest BCUT2D eigenvalue weighted by atomic mass is 10.00. The first-order valence-corrected chi connectivity index (χ1v) is 6.16. The normalized spacial score (nSPS) is 21.9. The summed E-state index contributed by atoms with van der Waals surface area (Å²) < 4.78 is 14.0. The molecule has 2 aromatic rings. The van der Waals surface area contributed by atoms with Gasteiger partial charge in [-0.15, -0.1) is 0 Å². The van der Waals surface area contributed by atoms with Gasteiger partial charge in [0.05, 0.1) is 30.1 Å². The first kappa shape index (κ1) is 12.6. The maximum absolute atomic E-state index is 14.0. The maximum Gasteiger partial charge on any atom is 0.147 e. The molecule has 0 amide bonds. The van der Waals surface area contributed by atoms with Gasteiger partial charge in [-0.05, 0) is 18.2 Å². The van der Waals surface area contributed by atoms with Crippen molar-refractivity contribution in [3.8, 4) is 6.07 Å². The highest BCUT2D eigenvalue weighted by atomic mass is 19.1. The highest BCUT2D eigenvalue weighted by molar-refractivity contribution is 5.52. The minimum absolute atomic E-state index is 0.238. The predicted octanol–water partition coefficient (Wildman–Crippen LogP) is 0.913. The van der Waals surface area contributed by atoms with Crippen LogP contribution in [-0.2, 0) is 5.60 Å². The molecule has 0 spiro atoms. The Kier molecular flexibility index (Phi) is 2.88. The molecule has 2 N–H and O–H groups in total. The van der Waals surface area contributed by atoms with Gasteiger partial charge in [-0.25, -0.2) is 4.39 Å². The van der Waals surface area contributed by atoms with Gasteiger partial charge >= 0.3 is 0 Å². The number of halogens is 1. The number of β-amino-alcohol motifs (C(OH)–C–C–N with tert-alkyl or cyclic N) is 1. The Morgan fingerprint density at radius 2 is 2.35 bits per heavy atom. The van der Waals surface area contributed by atoms with Gasteiger partial charge < -0.3 is 10.0 Å². The summed E-state index contributed by atoms with van der Waals surface area (Å²) in [6, 6.07) is 6.21. The van der Waals surface area contributed by atoms with Crippen LogP contribution in [-0.4, -0.2) is 33.6 Å². The SMILES string of the molecule is N#Cc1ccc(N2CC[C@@](O)(c3cn[nH]n3)C2)c(F)c1. The monoisotopic (exact) mass is 273 g/mol. The number of rotatable bonds is 2. The lowest BCUT2D eigenvalue weighted by Crippen LogP contribution is -2.31. The molecular weight excluding hydrogens is 261 g/mol. The molecule has 1 aromatic carbocycles. The molecule has 1 atom stereocenters. The number of hydrogen-bond donors (Lipinski definition) is 2. The lowest BCUT2D eigenvalue weighted by molar-refractivity contribution is 0.0559. The largest absolute Gasteiger partial charge is 0.381 e. The first-order chi connectivity index (χ1) is 9.62. The van der Waals surface area contributed by atoms with Gasteiger partial charge in [0.15, 0.2) is 0 Å². The maximum atomic E-state index is 14.0. The van der Waals surface area contributed by atoms with Gasteiger partial charge in [-0.3, -0.25) is 0 Å². The summed E-state index contributed by atoms with van der Waals surface area (Å²) in [6.07, 6.45) is 1.91. The molecule has 2 heterocycles. The molecule has 0 radical (unpaired) electrons. The summed E-state index contributed by atoms with van der Waals surface area (Å²) >= 11 is 0. The van der Waals surface area contributed by atoms with Crippen LogP contribution < -0.4 is 4.90 Å². The average Bonchev–Trinajstić information content (AvgIpc) is 3.09. The number of aliphatic hydroxyl groups is 1. The number of nitrogens with zero attached hydrogens (tertiary/aromatic N) is 4. The zero-order valence-corrected chi connectivity index (χ0v) is 10.5. The number of hydrogen-bond acceptors (Lipinski definition) is 5. The van der Waals surface area contributed by atoms with Crippen LogP contribution >= 0.6 is 0 Å². The molecule has 1 aromatic heterocycles. The number of nitriles is 1. The second-order valence-electron chi connectivity index (χ2n) is 4.84. The van der Waals surface area contributed by atoms with Gasteiger partial charge in [0.1, 0.15) is 17.1 Å². The summed E-state index contributed by atoms with van der Waals surface area (Å²) in [5.41, 5.74) is -0.0254. The summed E-state index contributed by atoms with van der Waals surface area (Å²) in [7, 11) is 0. The zero-order valence-electron chi connectivity index (χ0n) is 10.5. The number of anilines is 1. The van der Waals surface area contributed by atoms with E-state index in [4.69, 9.17) is 5.26 Å². The van der Waals surface area contributed by atoms with E-state index in [2.05, 4.69) is 15.4 Å². The fourth-order valence-corrected chi connectivity index (χ4v) is 2.47. The first-order valence-electron chi connectivity index (χ1n) is 6.16. The van der Waals surface area contributed by atoms with E-state index in [1.807, 2.05) is 6.07 Å². The fraction of sp³-hybridized carbons (Fsp3) is 0.308. The van der Waals surface area contributed by atoms with Crippen LogP contribution in [0.4, 0.5) is 10.1 Å². The van der Waals surface area contributed by atoms with Crippen molar-refractivity contribution in [1.82, 2.24) is 15.4 Å². The molecule has 0 unspecified atom stereocenters. The molecule has 0 saturated carbocycles. The molecule has 6 nitrogen and oxygen atoms in total. The summed E-state index contributed by atoms with van der Waals surface area (Å²) in [5, 5.41) is 29.3. The summed E-state index contributed by atoms with van der Waals surface area (Å²) in [6.45, 7) is 0.745. The average molecular weight is 273 g/mol. The quantitative estimate of drug-likeness (QED) is 0.849. The van der Waals surface area contributed by atoms with Crippen LogP contribution in [0.3, 0.4) is 0 Å². The molecule has 0 bridgehead atoms. The van der Waals surface area contributed by atoms with Crippen molar-refractivity contribution in [2.24, 2.45) is 0 Å². The molecule has 1 saturated heterocycles. The second-order valence-corrected chi connectivity index (χ2v) is 4.84. The van der Waals surface area contributed by atoms with Crippen molar-refractivity contribution in [2.75, 3.05) is 18.0 Å². The van der Waals surface area contributed by atoms with Crippen molar-refractivity contribution in [3.05, 3.63) is 41.5 Å². The number of aromatic nitrogens is 3. The van der Waals surface area contributed by atoms with Crippen LogP contribution in [0.25, 0.3) is 0 Å². The van der Waals surface area contributed by atoms with Crippen LogP contribution in [0.5, 0.6) is 0 Å². The van der Waals surface area contributed by atoms with Gasteiger partial charge in [0.25, 0.3) is 0 Å². The van der Waals surface area contributed by atoms with Gasteiger partial charge in [0.2, 0.25) is 0 Å². The predicted molar refractivity (Wildman–Crippen MR) is 68.2 cm³/mol. The highest BCUT2D eigenvalue weighted by Crippen LogP contribution is 2.34. The fourth-order valence-electron chi connectivity index (χ4n) is 2.47. The van der Waals surface area contributed by atoms with E-state index in [1.54, 1.807) is 17.0 Å². The molecule has 0 aliphatic carbocycles. The van der Waals surface area contributed by atoms with Crippen molar-refractivity contribution < 1.29 is 9.50 Å².